The average molecular weight is 518 g/mol. The number of fused-ring (bicyclic) bond motifs is 1. The van der Waals surface area contributed by atoms with E-state index in [2.05, 4.69) is 45.0 Å². The van der Waals surface area contributed by atoms with Crippen molar-refractivity contribution in [2.45, 2.75) is 6.73 Å². The lowest BCUT2D eigenvalue weighted by molar-refractivity contribution is -0.199. The molecule has 0 unspecified atom stereocenters. The topological polar surface area (TPSA) is 121 Å². The first-order valence-electron chi connectivity index (χ1n) is 10.1. The zero-order valence-corrected chi connectivity index (χ0v) is 19.6. The maximum absolute atomic E-state index is 9.55. The quantitative estimate of drug-likeness (QED) is 0.475. The van der Waals surface area contributed by atoms with Crippen LogP contribution in [0, 0.1) is 0 Å². The summed E-state index contributed by atoms with van der Waals surface area (Å²) < 4.78 is 3.06. The largest absolute Gasteiger partial charge is 0.478 e. The Morgan fingerprint density at radius 3 is 2.42 bits per heavy atom. The molecule has 0 radical (unpaired) electrons. The number of piperazine rings is 1. The highest BCUT2D eigenvalue weighted by Crippen LogP contribution is 2.26. The summed E-state index contributed by atoms with van der Waals surface area (Å²) in [4.78, 5) is 36.7. The molecule has 11 heteroatoms. The molecular formula is C22H24BrN5O5. The van der Waals surface area contributed by atoms with Crippen LogP contribution in [0.5, 0.6) is 0 Å². The molecule has 0 atom stereocenters. The number of imidazole rings is 1. The summed E-state index contributed by atoms with van der Waals surface area (Å²) in [6.45, 7) is 4.24. The van der Waals surface area contributed by atoms with Gasteiger partial charge in [0.25, 0.3) is 0 Å². The van der Waals surface area contributed by atoms with E-state index in [0.29, 0.717) is 18.9 Å². The fourth-order valence-corrected chi connectivity index (χ4v) is 3.53. The van der Waals surface area contributed by atoms with E-state index < -0.39 is 11.9 Å². The molecule has 10 nitrogen and oxygen atoms in total. The van der Waals surface area contributed by atoms with Crippen LogP contribution in [0.15, 0.2) is 59.2 Å². The van der Waals surface area contributed by atoms with E-state index in [-0.39, 0.29) is 0 Å². The van der Waals surface area contributed by atoms with Crippen LogP contribution in [0.4, 0.5) is 0 Å². The number of rotatable bonds is 6. The number of nitrogens with zero attached hydrogens (tertiary/aromatic N) is 5. The lowest BCUT2D eigenvalue weighted by Gasteiger charge is -2.31. The maximum Gasteiger partial charge on any atom is 0.328 e. The number of likely N-dealkylation sites (N-methyl/N-ethyl adjacent to an activating group) is 1. The summed E-state index contributed by atoms with van der Waals surface area (Å²) in [6, 6.07) is 12.0. The van der Waals surface area contributed by atoms with Gasteiger partial charge in [-0.1, -0.05) is 28.1 Å². The third-order valence-corrected chi connectivity index (χ3v) is 5.28. The second-order valence-electron chi connectivity index (χ2n) is 7.22. The molecule has 0 bridgehead atoms. The Labute approximate surface area is 198 Å². The second-order valence-corrected chi connectivity index (χ2v) is 8.14. The van der Waals surface area contributed by atoms with Crippen molar-refractivity contribution < 1.29 is 24.6 Å². The first-order chi connectivity index (χ1) is 15.8. The normalized spacial score (nSPS) is 14.8. The number of aliphatic carboxylic acids is 2. The van der Waals surface area contributed by atoms with Crippen LogP contribution >= 0.6 is 15.9 Å². The predicted octanol–water partition coefficient (Wildman–Crippen LogP) is 2.71. The number of hydroxylamine groups is 2. The Morgan fingerprint density at radius 1 is 1.09 bits per heavy atom. The monoisotopic (exact) mass is 517 g/mol. The van der Waals surface area contributed by atoms with Gasteiger partial charge in [-0.25, -0.2) is 19.6 Å². The molecule has 3 aromatic rings. The molecular weight excluding hydrogens is 494 g/mol. The number of hydrogen-bond acceptors (Lipinski definition) is 7. The van der Waals surface area contributed by atoms with Gasteiger partial charge in [0.2, 0.25) is 0 Å². The highest BCUT2D eigenvalue weighted by Gasteiger charge is 2.18. The smallest absolute Gasteiger partial charge is 0.328 e. The first-order valence-corrected chi connectivity index (χ1v) is 10.9. The second kappa shape index (κ2) is 11.7. The van der Waals surface area contributed by atoms with Crippen LogP contribution in [0.25, 0.3) is 22.6 Å². The highest BCUT2D eigenvalue weighted by atomic mass is 79.9. The van der Waals surface area contributed by atoms with Crippen molar-refractivity contribution in [2.75, 3.05) is 33.2 Å². The predicted molar refractivity (Wildman–Crippen MR) is 125 cm³/mol. The van der Waals surface area contributed by atoms with Crippen LogP contribution in [-0.4, -0.2) is 79.9 Å². The van der Waals surface area contributed by atoms with Crippen LogP contribution in [0.1, 0.15) is 0 Å². The van der Waals surface area contributed by atoms with E-state index in [1.54, 1.807) is 6.20 Å². The maximum atomic E-state index is 9.55. The molecule has 2 aromatic heterocycles. The van der Waals surface area contributed by atoms with E-state index in [0.717, 1.165) is 53.2 Å². The lowest BCUT2D eigenvalue weighted by atomic mass is 10.2. The summed E-state index contributed by atoms with van der Waals surface area (Å²) in [7, 11) is 2.13. The number of hydrogen-bond donors (Lipinski definition) is 2. The zero-order chi connectivity index (χ0) is 23.8. The molecule has 0 amide bonds. The van der Waals surface area contributed by atoms with E-state index in [1.165, 1.54) is 0 Å². The molecule has 1 fully saturated rings. The molecule has 2 N–H and O–H groups in total. The third kappa shape index (κ3) is 7.19. The fraction of sp³-hybridized carbons (Fsp3) is 0.273. The molecule has 1 aliphatic rings. The van der Waals surface area contributed by atoms with Crippen LogP contribution in [0.3, 0.4) is 0 Å². The van der Waals surface area contributed by atoms with Gasteiger partial charge < -0.3 is 15.1 Å². The minimum atomic E-state index is -1.26. The summed E-state index contributed by atoms with van der Waals surface area (Å²) >= 11 is 3.54. The molecule has 1 saturated heterocycles. The van der Waals surface area contributed by atoms with Crippen molar-refractivity contribution in [3.8, 4) is 11.4 Å². The summed E-state index contributed by atoms with van der Waals surface area (Å²) in [6.07, 6.45) is 2.91. The van der Waals surface area contributed by atoms with Crippen molar-refractivity contribution in [1.29, 1.82) is 0 Å². The van der Waals surface area contributed by atoms with E-state index >= 15 is 0 Å². The Hall–Kier alpha value is -3.12. The van der Waals surface area contributed by atoms with Gasteiger partial charge in [0.05, 0.1) is 0 Å². The molecule has 33 heavy (non-hydrogen) atoms. The molecule has 4 rings (SSSR count). The van der Waals surface area contributed by atoms with Gasteiger partial charge in [0.15, 0.2) is 5.65 Å². The van der Waals surface area contributed by atoms with Gasteiger partial charge in [-0.3, -0.25) is 9.40 Å². The van der Waals surface area contributed by atoms with Gasteiger partial charge in [0.1, 0.15) is 18.1 Å². The minimum Gasteiger partial charge on any atom is -0.478 e. The Morgan fingerprint density at radius 2 is 1.79 bits per heavy atom. The van der Waals surface area contributed by atoms with Crippen molar-refractivity contribution in [1.82, 2.24) is 24.5 Å². The zero-order valence-electron chi connectivity index (χ0n) is 18.0. The standard InChI is InChI=1S/C18H20BrN5O.C4H4O4/c1-22-8-10-23(11-9-22)25-13-24-17(14-4-2-5-15(19)12-14)21-16-6-3-7-20-18(16)24;5-3(6)1-2-4(7)8/h2-7,12H,8-11,13H2,1H3;1-2H,(H,5,6)(H,7,8)/b;2-1+. The lowest BCUT2D eigenvalue weighted by Crippen LogP contribution is -2.44. The van der Waals surface area contributed by atoms with E-state index in [4.69, 9.17) is 20.0 Å². The molecule has 174 valence electrons. The minimum absolute atomic E-state index is 0.402. The van der Waals surface area contributed by atoms with E-state index in [1.807, 2.05) is 33.9 Å². The van der Waals surface area contributed by atoms with Gasteiger partial charge in [-0.15, -0.1) is 0 Å². The van der Waals surface area contributed by atoms with Gasteiger partial charge >= 0.3 is 11.9 Å². The van der Waals surface area contributed by atoms with E-state index in [9.17, 15) is 9.59 Å². The van der Waals surface area contributed by atoms with Crippen molar-refractivity contribution in [2.24, 2.45) is 0 Å². The number of pyridine rings is 1. The number of halogens is 1. The molecule has 1 aromatic carbocycles. The molecule has 0 spiro atoms. The van der Waals surface area contributed by atoms with Crippen LogP contribution < -0.4 is 0 Å². The number of carboxylic acids is 2. The van der Waals surface area contributed by atoms with Crippen LogP contribution in [0.2, 0.25) is 0 Å². The SMILES string of the molecule is CN1CCN(OCn2c(-c3cccc(Br)c3)nc3cccnc32)CC1.O=C(O)/C=C/C(=O)O. The summed E-state index contributed by atoms with van der Waals surface area (Å²) in [5, 5.41) is 17.7. The number of carboxylic acid groups (broad SMARTS) is 2. The molecule has 1 aliphatic heterocycles. The Kier molecular flexibility index (Phi) is 8.66. The fourth-order valence-electron chi connectivity index (χ4n) is 3.13. The molecule has 3 heterocycles. The summed E-state index contributed by atoms with van der Waals surface area (Å²) in [5.74, 6) is -1.65. The van der Waals surface area contributed by atoms with Gasteiger partial charge in [-0.2, -0.15) is 5.06 Å². The van der Waals surface area contributed by atoms with Crippen molar-refractivity contribution in [3.63, 3.8) is 0 Å². The Balaban J connectivity index is 0.000000331. The third-order valence-electron chi connectivity index (χ3n) is 4.79. The van der Waals surface area contributed by atoms with Gasteiger partial charge in [-0.05, 0) is 31.3 Å². The van der Waals surface area contributed by atoms with Crippen molar-refractivity contribution >= 4 is 39.0 Å². The highest BCUT2D eigenvalue weighted by molar-refractivity contribution is 9.10. The summed E-state index contributed by atoms with van der Waals surface area (Å²) in [5.41, 5.74) is 2.75. The van der Waals surface area contributed by atoms with Crippen LogP contribution in [-0.2, 0) is 21.2 Å². The first kappa shape index (κ1) is 24.5. The average Bonchev–Trinajstić information content (AvgIpc) is 3.16. The molecule has 0 saturated carbocycles. The van der Waals surface area contributed by atoms with Gasteiger partial charge in [0, 0.05) is 54.6 Å². The molecule has 0 aliphatic carbocycles. The number of benzene rings is 1. The Bertz CT molecular complexity index is 1130. The number of carbonyl (C=O) groups is 2. The number of aromatic nitrogens is 3. The van der Waals surface area contributed by atoms with Crippen molar-refractivity contribution in [3.05, 3.63) is 59.2 Å².